The predicted molar refractivity (Wildman–Crippen MR) is 171 cm³/mol. The van der Waals surface area contributed by atoms with Gasteiger partial charge in [0.2, 0.25) is 0 Å². The summed E-state index contributed by atoms with van der Waals surface area (Å²) < 4.78 is 30.5. The van der Waals surface area contributed by atoms with Crippen molar-refractivity contribution in [3.63, 3.8) is 0 Å². The van der Waals surface area contributed by atoms with E-state index in [0.29, 0.717) is 6.42 Å². The molecule has 11 nitrogen and oxygen atoms in total. The summed E-state index contributed by atoms with van der Waals surface area (Å²) in [5, 5.41) is 0. The summed E-state index contributed by atoms with van der Waals surface area (Å²) in [6.07, 6.45) is 1.25. The number of nitrogens with zero attached hydrogens (tertiary/aromatic N) is 1. The largest absolute Gasteiger partial charge is 0.462 e. The first-order chi connectivity index (χ1) is 20.9. The highest BCUT2D eigenvalue weighted by Crippen LogP contribution is 2.37. The first kappa shape index (κ1) is 39.0. The van der Waals surface area contributed by atoms with Crippen molar-refractivity contribution in [2.75, 3.05) is 6.61 Å². The van der Waals surface area contributed by atoms with E-state index in [0.717, 1.165) is 0 Å². The van der Waals surface area contributed by atoms with Gasteiger partial charge in [-0.25, -0.2) is 0 Å². The molecule has 2 heterocycles. The molecule has 1 fully saturated rings. The SMILES string of the molecule is CC/C=C/[C@H]1CC(=O)C=CN1[C@@H]1O[C@H](COC(=O)C(C)(C)C)[C@H](OC(=O)C(C)(C)C)[C@H](OC(=O)C(C)(C)C)[C@H]1OC(=O)C(C)(C)C. The maximum atomic E-state index is 13.5. The van der Waals surface area contributed by atoms with Gasteiger partial charge in [-0.3, -0.25) is 24.0 Å². The molecule has 0 amide bonds. The molecule has 0 aliphatic carbocycles. The van der Waals surface area contributed by atoms with Crippen molar-refractivity contribution in [3.05, 3.63) is 24.4 Å². The van der Waals surface area contributed by atoms with Crippen LogP contribution in [0.5, 0.6) is 0 Å². The third-order valence-electron chi connectivity index (χ3n) is 7.28. The smallest absolute Gasteiger partial charge is 0.311 e. The fourth-order valence-electron chi connectivity index (χ4n) is 4.34. The molecule has 260 valence electrons. The zero-order chi connectivity index (χ0) is 35.4. The number of rotatable bonds is 8. The second-order valence-electron chi connectivity index (χ2n) is 16.1. The van der Waals surface area contributed by atoms with Crippen LogP contribution in [0.2, 0.25) is 0 Å². The monoisotopic (exact) mass is 649 g/mol. The molecule has 0 aromatic carbocycles. The van der Waals surface area contributed by atoms with Gasteiger partial charge in [0, 0.05) is 12.6 Å². The molecule has 11 heteroatoms. The lowest BCUT2D eigenvalue weighted by Gasteiger charge is -2.50. The number of hydrogen-bond donors (Lipinski definition) is 0. The van der Waals surface area contributed by atoms with Crippen LogP contribution in [0.15, 0.2) is 24.4 Å². The van der Waals surface area contributed by atoms with Gasteiger partial charge in [0.05, 0.1) is 27.7 Å². The number of esters is 4. The molecule has 0 aromatic rings. The van der Waals surface area contributed by atoms with E-state index in [2.05, 4.69) is 0 Å². The zero-order valence-electron chi connectivity index (χ0n) is 29.9. The fourth-order valence-corrected chi connectivity index (χ4v) is 4.34. The van der Waals surface area contributed by atoms with Crippen molar-refractivity contribution in [2.24, 2.45) is 21.7 Å². The second kappa shape index (κ2) is 14.7. The molecule has 2 rings (SSSR count). The van der Waals surface area contributed by atoms with Crippen molar-refractivity contribution in [2.45, 2.75) is 140 Å². The summed E-state index contributed by atoms with van der Waals surface area (Å²) in [5.41, 5.74) is -3.76. The van der Waals surface area contributed by atoms with Gasteiger partial charge in [-0.15, -0.1) is 0 Å². The molecule has 0 radical (unpaired) electrons. The summed E-state index contributed by atoms with van der Waals surface area (Å²) in [6.45, 7) is 21.8. The average molecular weight is 650 g/mol. The topological polar surface area (TPSA) is 135 Å². The van der Waals surface area contributed by atoms with Gasteiger partial charge >= 0.3 is 23.9 Å². The molecule has 0 spiro atoms. The van der Waals surface area contributed by atoms with Crippen LogP contribution in [0.3, 0.4) is 0 Å². The Morgan fingerprint density at radius 1 is 0.761 bits per heavy atom. The van der Waals surface area contributed by atoms with Crippen molar-refractivity contribution in [3.8, 4) is 0 Å². The van der Waals surface area contributed by atoms with Gasteiger partial charge in [0.15, 0.2) is 30.3 Å². The Morgan fingerprint density at radius 2 is 1.22 bits per heavy atom. The van der Waals surface area contributed by atoms with Crippen molar-refractivity contribution in [1.29, 1.82) is 0 Å². The first-order valence-electron chi connectivity index (χ1n) is 16.0. The Hall–Kier alpha value is -3.21. The summed E-state index contributed by atoms with van der Waals surface area (Å²) in [6, 6.07) is -0.497. The number of carbonyl (C=O) groups is 5. The summed E-state index contributed by atoms with van der Waals surface area (Å²) >= 11 is 0. The molecule has 0 saturated carbocycles. The molecule has 6 atom stereocenters. The van der Waals surface area contributed by atoms with Crippen LogP contribution in [-0.4, -0.2) is 77.9 Å². The number of ketones is 1. The third-order valence-corrected chi connectivity index (χ3v) is 7.28. The molecule has 2 aliphatic rings. The molecule has 2 aliphatic heterocycles. The molecular formula is C35H55NO10. The Bertz CT molecular complexity index is 1190. The minimum absolute atomic E-state index is 0.107. The van der Waals surface area contributed by atoms with E-state index in [4.69, 9.17) is 23.7 Å². The standard InChI is InChI=1S/C35H55NO10/c1-14-15-16-21-19-22(37)17-18-36(21)27-26(46-31(41)35(11,12)13)25(45-30(40)34(8,9)10)24(44-29(39)33(5,6)7)23(43-27)20-42-28(38)32(2,3)4/h15-18,21,23-27H,14,19-20H2,1-13H3/b16-15+/t21-,23+,24-,25-,26+,27+/m0/s1. The van der Waals surface area contributed by atoms with E-state index < -0.39 is 82.2 Å². The van der Waals surface area contributed by atoms with E-state index in [9.17, 15) is 24.0 Å². The van der Waals surface area contributed by atoms with Gasteiger partial charge in [-0.05, 0) is 95.6 Å². The first-order valence-corrected chi connectivity index (χ1v) is 16.0. The van der Waals surface area contributed by atoms with Gasteiger partial charge in [-0.2, -0.15) is 0 Å². The maximum Gasteiger partial charge on any atom is 0.311 e. The van der Waals surface area contributed by atoms with Crippen LogP contribution in [0.4, 0.5) is 0 Å². The highest BCUT2D eigenvalue weighted by Gasteiger charge is 2.56. The Kier molecular flexibility index (Phi) is 12.4. The lowest BCUT2D eigenvalue weighted by molar-refractivity contribution is -0.281. The molecule has 1 saturated heterocycles. The number of carbonyl (C=O) groups excluding carboxylic acids is 5. The Balaban J connectivity index is 2.83. The molecule has 0 aromatic heterocycles. The van der Waals surface area contributed by atoms with Gasteiger partial charge < -0.3 is 28.6 Å². The van der Waals surface area contributed by atoms with E-state index in [1.807, 2.05) is 19.1 Å². The van der Waals surface area contributed by atoms with Crippen molar-refractivity contribution >= 4 is 29.7 Å². The normalized spacial score (nSPS) is 26.1. The fraction of sp³-hybridized carbons (Fsp3) is 0.743. The van der Waals surface area contributed by atoms with Crippen LogP contribution in [0, 0.1) is 21.7 Å². The summed E-state index contributed by atoms with van der Waals surface area (Å²) in [7, 11) is 0. The maximum absolute atomic E-state index is 13.5. The van der Waals surface area contributed by atoms with Crippen LogP contribution >= 0.6 is 0 Å². The molecule has 0 N–H and O–H groups in total. The predicted octanol–water partition coefficient (Wildman–Crippen LogP) is 5.30. The van der Waals surface area contributed by atoms with Crippen LogP contribution in [-0.2, 0) is 47.7 Å². The Morgan fingerprint density at radius 3 is 1.67 bits per heavy atom. The molecule has 46 heavy (non-hydrogen) atoms. The summed E-state index contributed by atoms with van der Waals surface area (Å²) in [5.74, 6) is -2.51. The van der Waals surface area contributed by atoms with Gasteiger partial charge in [0.25, 0.3) is 0 Å². The van der Waals surface area contributed by atoms with Gasteiger partial charge in [-0.1, -0.05) is 19.1 Å². The van der Waals surface area contributed by atoms with Crippen LogP contribution < -0.4 is 0 Å². The second-order valence-corrected chi connectivity index (χ2v) is 16.1. The minimum Gasteiger partial charge on any atom is -0.462 e. The zero-order valence-corrected chi connectivity index (χ0v) is 29.9. The lowest BCUT2D eigenvalue weighted by Crippen LogP contribution is -2.67. The van der Waals surface area contributed by atoms with E-state index in [1.54, 1.807) is 94.2 Å². The quantitative estimate of drug-likeness (QED) is 0.193. The highest BCUT2D eigenvalue weighted by atomic mass is 16.7. The van der Waals surface area contributed by atoms with E-state index >= 15 is 0 Å². The van der Waals surface area contributed by atoms with Crippen molar-refractivity contribution < 1.29 is 47.7 Å². The Labute approximate surface area is 274 Å². The number of hydrogen-bond acceptors (Lipinski definition) is 11. The van der Waals surface area contributed by atoms with E-state index in [1.165, 1.54) is 6.08 Å². The number of allylic oxidation sites excluding steroid dienone is 2. The minimum atomic E-state index is -1.37. The highest BCUT2D eigenvalue weighted by molar-refractivity contribution is 5.91. The molecular weight excluding hydrogens is 594 g/mol. The average Bonchev–Trinajstić information content (AvgIpc) is 2.90. The lowest BCUT2D eigenvalue weighted by atomic mass is 9.91. The van der Waals surface area contributed by atoms with Crippen LogP contribution in [0.25, 0.3) is 0 Å². The third kappa shape index (κ3) is 10.4. The summed E-state index contributed by atoms with van der Waals surface area (Å²) in [4.78, 5) is 67.5. The van der Waals surface area contributed by atoms with E-state index in [-0.39, 0.29) is 18.8 Å². The van der Waals surface area contributed by atoms with Crippen LogP contribution in [0.1, 0.15) is 103 Å². The molecule has 0 bridgehead atoms. The van der Waals surface area contributed by atoms with Crippen molar-refractivity contribution in [1.82, 2.24) is 4.90 Å². The van der Waals surface area contributed by atoms with Gasteiger partial charge in [0.1, 0.15) is 12.7 Å². The molecule has 0 unspecified atom stereocenters. The number of ether oxygens (including phenoxy) is 5.